The van der Waals surface area contributed by atoms with Crippen molar-refractivity contribution in [3.8, 4) is 6.07 Å². The zero-order valence-corrected chi connectivity index (χ0v) is 13.1. The van der Waals surface area contributed by atoms with Gasteiger partial charge in [-0.3, -0.25) is 9.78 Å². The van der Waals surface area contributed by atoms with Crippen LogP contribution in [-0.4, -0.2) is 19.3 Å². The average molecular weight is 345 g/mol. The Balaban J connectivity index is 2.03. The quantitative estimate of drug-likeness (QED) is 0.832. The zero-order chi connectivity index (χ0) is 17.6. The van der Waals surface area contributed by atoms with Crippen molar-refractivity contribution < 1.29 is 17.6 Å². The lowest BCUT2D eigenvalue weighted by Gasteiger charge is -2.05. The molecule has 122 valence electrons. The third-order valence-electron chi connectivity index (χ3n) is 2.82. The van der Waals surface area contributed by atoms with Gasteiger partial charge in [-0.15, -0.1) is 0 Å². The molecule has 24 heavy (non-hydrogen) atoms. The first-order valence-electron chi connectivity index (χ1n) is 6.70. The van der Waals surface area contributed by atoms with Gasteiger partial charge in [0.05, 0.1) is 23.6 Å². The van der Waals surface area contributed by atoms with Gasteiger partial charge in [0, 0.05) is 12.3 Å². The van der Waals surface area contributed by atoms with Crippen molar-refractivity contribution in [1.29, 1.82) is 5.26 Å². The van der Waals surface area contributed by atoms with Crippen molar-refractivity contribution in [3.63, 3.8) is 0 Å². The molecule has 2 rings (SSSR count). The minimum absolute atomic E-state index is 0.323. The third kappa shape index (κ3) is 5.30. The summed E-state index contributed by atoms with van der Waals surface area (Å²) in [5, 5.41) is 8.79. The first-order chi connectivity index (χ1) is 11.4. The van der Waals surface area contributed by atoms with Crippen molar-refractivity contribution in [1.82, 2.24) is 9.71 Å². The molecule has 1 aromatic heterocycles. The van der Waals surface area contributed by atoms with Crippen LogP contribution in [0, 0.1) is 17.1 Å². The summed E-state index contributed by atoms with van der Waals surface area (Å²) in [6.45, 7) is 0. The number of rotatable bonds is 5. The Morgan fingerprint density at radius 1 is 1.33 bits per heavy atom. The number of nitriles is 1. The van der Waals surface area contributed by atoms with Gasteiger partial charge in [-0.2, -0.15) is 5.26 Å². The monoisotopic (exact) mass is 345 g/mol. The van der Waals surface area contributed by atoms with E-state index in [1.54, 1.807) is 18.2 Å². The second-order valence-corrected chi connectivity index (χ2v) is 6.53. The van der Waals surface area contributed by atoms with Gasteiger partial charge < -0.3 is 0 Å². The molecule has 0 radical (unpaired) electrons. The Bertz CT molecular complexity index is 934. The molecule has 2 aromatic rings. The Morgan fingerprint density at radius 2 is 2.12 bits per heavy atom. The SMILES string of the molecule is N#Cc1cccc(CS(=O)(=O)NC(=O)C=Cc2cncc(F)c2)c1. The van der Waals surface area contributed by atoms with Crippen LogP contribution < -0.4 is 4.72 Å². The summed E-state index contributed by atoms with van der Waals surface area (Å²) in [6.07, 6.45) is 4.56. The molecule has 0 bridgehead atoms. The first-order valence-corrected chi connectivity index (χ1v) is 8.35. The molecule has 0 aliphatic heterocycles. The highest BCUT2D eigenvalue weighted by atomic mass is 32.2. The number of halogens is 1. The molecule has 1 heterocycles. The molecule has 8 heteroatoms. The Labute approximate surface area is 138 Å². The minimum atomic E-state index is -3.92. The number of aromatic nitrogens is 1. The lowest BCUT2D eigenvalue weighted by atomic mass is 10.2. The molecule has 1 N–H and O–H groups in total. The summed E-state index contributed by atoms with van der Waals surface area (Å²) in [7, 11) is -3.92. The van der Waals surface area contributed by atoms with Crippen LogP contribution in [0.1, 0.15) is 16.7 Å². The predicted molar refractivity (Wildman–Crippen MR) is 85.2 cm³/mol. The maximum absolute atomic E-state index is 13.0. The Hall–Kier alpha value is -3.05. The van der Waals surface area contributed by atoms with Crippen LogP contribution in [0.4, 0.5) is 4.39 Å². The maximum atomic E-state index is 13.0. The number of benzene rings is 1. The van der Waals surface area contributed by atoms with Gasteiger partial charge in [0.1, 0.15) is 5.82 Å². The normalized spacial score (nSPS) is 11.2. The van der Waals surface area contributed by atoms with Gasteiger partial charge in [0.25, 0.3) is 5.91 Å². The molecule has 0 aliphatic rings. The highest BCUT2D eigenvalue weighted by molar-refractivity contribution is 7.89. The van der Waals surface area contributed by atoms with Crippen molar-refractivity contribution in [2.24, 2.45) is 0 Å². The van der Waals surface area contributed by atoms with Crippen LogP contribution in [0.2, 0.25) is 0 Å². The minimum Gasteiger partial charge on any atom is -0.269 e. The zero-order valence-electron chi connectivity index (χ0n) is 12.3. The standard InChI is InChI=1S/C16H12FN3O3S/c17-15-7-13(9-19-10-15)4-5-16(21)20-24(22,23)11-14-3-1-2-12(6-14)8-18/h1-7,9-10H,11H2,(H,20,21). The number of sulfonamides is 1. The van der Waals surface area contributed by atoms with Crippen LogP contribution in [0.25, 0.3) is 6.08 Å². The van der Waals surface area contributed by atoms with Crippen LogP contribution >= 0.6 is 0 Å². The summed E-state index contributed by atoms with van der Waals surface area (Å²) in [4.78, 5) is 15.3. The maximum Gasteiger partial charge on any atom is 0.257 e. The van der Waals surface area contributed by atoms with Gasteiger partial charge in [-0.1, -0.05) is 12.1 Å². The van der Waals surface area contributed by atoms with E-state index in [1.165, 1.54) is 18.3 Å². The van der Waals surface area contributed by atoms with Gasteiger partial charge in [0.2, 0.25) is 10.0 Å². The van der Waals surface area contributed by atoms with Gasteiger partial charge >= 0.3 is 0 Å². The number of carbonyl (C=O) groups is 1. The smallest absolute Gasteiger partial charge is 0.257 e. The van der Waals surface area contributed by atoms with Crippen molar-refractivity contribution >= 4 is 22.0 Å². The topological polar surface area (TPSA) is 99.9 Å². The van der Waals surface area contributed by atoms with E-state index < -0.39 is 27.5 Å². The molecule has 0 saturated heterocycles. The molecule has 0 unspecified atom stereocenters. The van der Waals surface area contributed by atoms with E-state index >= 15 is 0 Å². The molecule has 0 spiro atoms. The van der Waals surface area contributed by atoms with Crippen LogP contribution in [0.3, 0.4) is 0 Å². The third-order valence-corrected chi connectivity index (χ3v) is 4.05. The van der Waals surface area contributed by atoms with E-state index in [9.17, 15) is 17.6 Å². The van der Waals surface area contributed by atoms with E-state index in [4.69, 9.17) is 5.26 Å². The van der Waals surface area contributed by atoms with Gasteiger partial charge in [0.15, 0.2) is 0 Å². The van der Waals surface area contributed by atoms with Crippen molar-refractivity contribution in [2.75, 3.05) is 0 Å². The molecule has 1 aromatic carbocycles. The number of hydrogen-bond acceptors (Lipinski definition) is 5. The molecule has 1 amide bonds. The summed E-state index contributed by atoms with van der Waals surface area (Å²) >= 11 is 0. The fourth-order valence-corrected chi connectivity index (χ4v) is 2.93. The van der Waals surface area contributed by atoms with E-state index in [0.29, 0.717) is 16.7 Å². The fourth-order valence-electron chi connectivity index (χ4n) is 1.86. The van der Waals surface area contributed by atoms with Gasteiger partial charge in [-0.25, -0.2) is 17.5 Å². The van der Waals surface area contributed by atoms with Crippen molar-refractivity contribution in [3.05, 3.63) is 71.3 Å². The number of amides is 1. The summed E-state index contributed by atoms with van der Waals surface area (Å²) in [5.74, 6) is -1.87. The van der Waals surface area contributed by atoms with E-state index in [-0.39, 0.29) is 0 Å². The number of hydrogen-bond donors (Lipinski definition) is 1. The second-order valence-electron chi connectivity index (χ2n) is 4.81. The number of nitrogens with one attached hydrogen (secondary N) is 1. The number of nitrogens with zero attached hydrogens (tertiary/aromatic N) is 2. The Kier molecular flexibility index (Phi) is 5.39. The molecule has 0 saturated carbocycles. The lowest BCUT2D eigenvalue weighted by Crippen LogP contribution is -2.30. The fraction of sp³-hybridized carbons (Fsp3) is 0.0625. The molecular formula is C16H12FN3O3S. The van der Waals surface area contributed by atoms with Crippen molar-refractivity contribution in [2.45, 2.75) is 5.75 Å². The molecule has 0 fully saturated rings. The van der Waals surface area contributed by atoms with E-state index in [0.717, 1.165) is 18.3 Å². The van der Waals surface area contributed by atoms with Crippen LogP contribution in [0.5, 0.6) is 0 Å². The number of carbonyl (C=O) groups excluding carboxylic acids is 1. The predicted octanol–water partition coefficient (Wildman–Crippen LogP) is 1.75. The molecular weight excluding hydrogens is 333 g/mol. The van der Waals surface area contributed by atoms with Crippen LogP contribution in [0.15, 0.2) is 48.8 Å². The number of pyridine rings is 1. The summed E-state index contributed by atoms with van der Waals surface area (Å²) in [6, 6.07) is 9.13. The van der Waals surface area contributed by atoms with Crippen LogP contribution in [-0.2, 0) is 20.6 Å². The van der Waals surface area contributed by atoms with E-state index in [1.807, 2.05) is 10.8 Å². The van der Waals surface area contributed by atoms with E-state index in [2.05, 4.69) is 4.98 Å². The summed E-state index contributed by atoms with van der Waals surface area (Å²) in [5.41, 5.74) is 1.03. The largest absolute Gasteiger partial charge is 0.269 e. The second kappa shape index (κ2) is 7.48. The average Bonchev–Trinajstić information content (AvgIpc) is 2.52. The first kappa shape index (κ1) is 17.3. The highest BCUT2D eigenvalue weighted by Crippen LogP contribution is 2.08. The Morgan fingerprint density at radius 3 is 2.83 bits per heavy atom. The summed E-state index contributed by atoms with van der Waals surface area (Å²) < 4.78 is 38.7. The van der Waals surface area contributed by atoms with Gasteiger partial charge in [-0.05, 0) is 35.4 Å². The highest BCUT2D eigenvalue weighted by Gasteiger charge is 2.14. The molecule has 6 nitrogen and oxygen atoms in total. The molecule has 0 aliphatic carbocycles. The molecule has 0 atom stereocenters. The lowest BCUT2D eigenvalue weighted by molar-refractivity contribution is -0.114.